The van der Waals surface area contributed by atoms with Crippen LogP contribution in [0.25, 0.3) is 11.4 Å². The minimum Gasteiger partial charge on any atom is -0.305 e. The second-order valence-corrected chi connectivity index (χ2v) is 6.68. The summed E-state index contributed by atoms with van der Waals surface area (Å²) in [6.07, 6.45) is 0. The van der Waals surface area contributed by atoms with Crippen molar-refractivity contribution >= 4 is 35.0 Å². The van der Waals surface area contributed by atoms with Crippen molar-refractivity contribution in [2.75, 3.05) is 0 Å². The van der Waals surface area contributed by atoms with E-state index in [0.717, 1.165) is 22.1 Å². The van der Waals surface area contributed by atoms with E-state index in [0.29, 0.717) is 15.8 Å². The minimum atomic E-state index is -0.340. The highest BCUT2D eigenvalue weighted by Crippen LogP contribution is 2.28. The van der Waals surface area contributed by atoms with E-state index < -0.39 is 0 Å². The first-order chi connectivity index (χ1) is 11.0. The number of benzene rings is 2. The highest BCUT2D eigenvalue weighted by molar-refractivity contribution is 7.98. The van der Waals surface area contributed by atoms with Crippen molar-refractivity contribution in [1.29, 1.82) is 0 Å². The maximum atomic E-state index is 13.1. The van der Waals surface area contributed by atoms with E-state index in [1.807, 2.05) is 35.9 Å². The van der Waals surface area contributed by atoms with E-state index >= 15 is 0 Å². The van der Waals surface area contributed by atoms with Crippen molar-refractivity contribution in [2.24, 2.45) is 7.05 Å². The van der Waals surface area contributed by atoms with Crippen LogP contribution in [0, 0.1) is 5.82 Å². The summed E-state index contributed by atoms with van der Waals surface area (Å²) in [5, 5.41) is 10.3. The van der Waals surface area contributed by atoms with E-state index in [4.69, 9.17) is 23.2 Å². The molecule has 118 valence electrons. The molecule has 1 heterocycles. The van der Waals surface area contributed by atoms with Crippen molar-refractivity contribution < 1.29 is 4.39 Å². The molecule has 0 spiro atoms. The molecule has 3 nitrogen and oxygen atoms in total. The number of hydrogen-bond acceptors (Lipinski definition) is 3. The van der Waals surface area contributed by atoms with Crippen LogP contribution in [-0.4, -0.2) is 14.8 Å². The summed E-state index contributed by atoms with van der Waals surface area (Å²) in [4.78, 5) is 0. The SMILES string of the molecule is Cn1c(SCc2ccc(F)cc2Cl)nnc1-c1ccc(Cl)cc1. The molecule has 0 bridgehead atoms. The Balaban J connectivity index is 1.78. The van der Waals surface area contributed by atoms with Gasteiger partial charge in [0.25, 0.3) is 0 Å². The van der Waals surface area contributed by atoms with Crippen molar-refractivity contribution in [3.8, 4) is 11.4 Å². The molecular formula is C16H12Cl2FN3S. The standard InChI is InChI=1S/C16H12Cl2FN3S/c1-22-15(10-2-5-12(17)6-3-10)20-21-16(22)23-9-11-4-7-13(19)8-14(11)18/h2-8H,9H2,1H3. The largest absolute Gasteiger partial charge is 0.305 e. The number of aromatic nitrogens is 3. The molecule has 0 fully saturated rings. The smallest absolute Gasteiger partial charge is 0.191 e. The highest BCUT2D eigenvalue weighted by atomic mass is 35.5. The zero-order valence-corrected chi connectivity index (χ0v) is 14.5. The van der Waals surface area contributed by atoms with Crippen LogP contribution in [0.15, 0.2) is 47.6 Å². The lowest BCUT2D eigenvalue weighted by molar-refractivity contribution is 0.627. The van der Waals surface area contributed by atoms with Crippen molar-refractivity contribution in [1.82, 2.24) is 14.8 Å². The zero-order chi connectivity index (χ0) is 16.4. The molecule has 7 heteroatoms. The summed E-state index contributed by atoms with van der Waals surface area (Å²) in [7, 11) is 1.90. The summed E-state index contributed by atoms with van der Waals surface area (Å²) in [6.45, 7) is 0. The van der Waals surface area contributed by atoms with Gasteiger partial charge in [0.2, 0.25) is 0 Å². The molecule has 3 aromatic rings. The second kappa shape index (κ2) is 6.91. The van der Waals surface area contributed by atoms with Gasteiger partial charge in [-0.1, -0.05) is 41.0 Å². The van der Waals surface area contributed by atoms with Crippen LogP contribution in [0.2, 0.25) is 10.0 Å². The molecule has 0 atom stereocenters. The second-order valence-electron chi connectivity index (χ2n) is 4.90. The van der Waals surface area contributed by atoms with Gasteiger partial charge in [-0.25, -0.2) is 4.39 Å². The third-order valence-electron chi connectivity index (χ3n) is 3.31. The van der Waals surface area contributed by atoms with E-state index in [1.54, 1.807) is 6.07 Å². The van der Waals surface area contributed by atoms with E-state index in [1.165, 1.54) is 23.9 Å². The summed E-state index contributed by atoms with van der Waals surface area (Å²) in [5.74, 6) is 1.01. The quantitative estimate of drug-likeness (QED) is 0.592. The van der Waals surface area contributed by atoms with Crippen LogP contribution >= 0.6 is 35.0 Å². The van der Waals surface area contributed by atoms with Crippen molar-refractivity contribution in [3.63, 3.8) is 0 Å². The Morgan fingerprint density at radius 3 is 2.52 bits per heavy atom. The fraction of sp³-hybridized carbons (Fsp3) is 0.125. The lowest BCUT2D eigenvalue weighted by atomic mass is 10.2. The van der Waals surface area contributed by atoms with Crippen LogP contribution in [0.3, 0.4) is 0 Å². The van der Waals surface area contributed by atoms with Gasteiger partial charge in [-0.05, 0) is 42.0 Å². The molecule has 0 unspecified atom stereocenters. The molecule has 0 radical (unpaired) electrons. The van der Waals surface area contributed by atoms with Gasteiger partial charge < -0.3 is 4.57 Å². The van der Waals surface area contributed by atoms with Gasteiger partial charge in [-0.3, -0.25) is 0 Å². The molecule has 3 rings (SSSR count). The molecular weight excluding hydrogens is 356 g/mol. The Morgan fingerprint density at radius 2 is 1.83 bits per heavy atom. The van der Waals surface area contributed by atoms with Gasteiger partial charge in [0, 0.05) is 28.4 Å². The van der Waals surface area contributed by atoms with E-state index in [9.17, 15) is 4.39 Å². The first kappa shape index (κ1) is 16.3. The summed E-state index contributed by atoms with van der Waals surface area (Å²) < 4.78 is 15.0. The monoisotopic (exact) mass is 367 g/mol. The minimum absolute atomic E-state index is 0.340. The molecule has 0 saturated heterocycles. The topological polar surface area (TPSA) is 30.7 Å². The lowest BCUT2D eigenvalue weighted by Crippen LogP contribution is -1.95. The zero-order valence-electron chi connectivity index (χ0n) is 12.1. The van der Waals surface area contributed by atoms with Gasteiger partial charge in [-0.2, -0.15) is 0 Å². The molecule has 23 heavy (non-hydrogen) atoms. The molecule has 0 N–H and O–H groups in total. The molecule has 0 saturated carbocycles. The fourth-order valence-electron chi connectivity index (χ4n) is 2.07. The number of halogens is 3. The molecule has 2 aromatic carbocycles. The van der Waals surface area contributed by atoms with Crippen LogP contribution in [0.4, 0.5) is 4.39 Å². The Bertz CT molecular complexity index is 834. The maximum Gasteiger partial charge on any atom is 0.191 e. The number of hydrogen-bond donors (Lipinski definition) is 0. The highest BCUT2D eigenvalue weighted by Gasteiger charge is 2.12. The molecule has 0 aliphatic carbocycles. The third kappa shape index (κ3) is 3.68. The maximum absolute atomic E-state index is 13.1. The molecule has 0 aliphatic heterocycles. The van der Waals surface area contributed by atoms with Gasteiger partial charge in [-0.15, -0.1) is 10.2 Å². The summed E-state index contributed by atoms with van der Waals surface area (Å²) in [5.41, 5.74) is 1.80. The van der Waals surface area contributed by atoms with E-state index in [2.05, 4.69) is 10.2 Å². The van der Waals surface area contributed by atoms with Crippen molar-refractivity contribution in [2.45, 2.75) is 10.9 Å². The Hall–Kier alpha value is -1.56. The molecule has 1 aromatic heterocycles. The predicted octanol–water partition coefficient (Wildman–Crippen LogP) is 5.22. The number of nitrogens with zero attached hydrogens (tertiary/aromatic N) is 3. The summed E-state index contributed by atoms with van der Waals surface area (Å²) >= 11 is 13.4. The predicted molar refractivity (Wildman–Crippen MR) is 92.4 cm³/mol. The van der Waals surface area contributed by atoms with Gasteiger partial charge in [0.1, 0.15) is 5.82 Å². The Morgan fingerprint density at radius 1 is 1.09 bits per heavy atom. The van der Waals surface area contributed by atoms with Crippen LogP contribution in [0.1, 0.15) is 5.56 Å². The Labute approximate surface area is 147 Å². The van der Waals surface area contributed by atoms with Gasteiger partial charge in [0.05, 0.1) is 0 Å². The van der Waals surface area contributed by atoms with Crippen LogP contribution < -0.4 is 0 Å². The average Bonchev–Trinajstić information content (AvgIpc) is 2.88. The fourth-order valence-corrected chi connectivity index (χ4v) is 3.43. The van der Waals surface area contributed by atoms with Gasteiger partial charge >= 0.3 is 0 Å². The summed E-state index contributed by atoms with van der Waals surface area (Å²) in [6, 6.07) is 11.8. The average molecular weight is 368 g/mol. The first-order valence-corrected chi connectivity index (χ1v) is 8.51. The first-order valence-electron chi connectivity index (χ1n) is 6.76. The van der Waals surface area contributed by atoms with E-state index in [-0.39, 0.29) is 5.82 Å². The van der Waals surface area contributed by atoms with Crippen molar-refractivity contribution in [3.05, 3.63) is 63.9 Å². The van der Waals surface area contributed by atoms with Crippen LogP contribution in [0.5, 0.6) is 0 Å². The third-order valence-corrected chi connectivity index (χ3v) is 4.98. The normalized spacial score (nSPS) is 11.0. The van der Waals surface area contributed by atoms with Gasteiger partial charge in [0.15, 0.2) is 11.0 Å². The van der Waals surface area contributed by atoms with Crippen LogP contribution in [-0.2, 0) is 12.8 Å². The number of rotatable bonds is 4. The Kier molecular flexibility index (Phi) is 4.90. The number of thioether (sulfide) groups is 1. The molecule has 0 aliphatic rings. The molecule has 0 amide bonds. The lowest BCUT2D eigenvalue weighted by Gasteiger charge is -2.05.